The molecule has 3 rings (SSSR count). The summed E-state index contributed by atoms with van der Waals surface area (Å²) in [6.07, 6.45) is 0.334. The number of halogens is 4. The fourth-order valence-corrected chi connectivity index (χ4v) is 4.44. The van der Waals surface area contributed by atoms with Gasteiger partial charge in [0, 0.05) is 31.7 Å². The maximum absolute atomic E-state index is 13.1. The number of hydrogen-bond acceptors (Lipinski definition) is 4. The van der Waals surface area contributed by atoms with Crippen molar-refractivity contribution in [1.29, 1.82) is 0 Å². The average molecular weight is 640 g/mol. The van der Waals surface area contributed by atoms with Crippen molar-refractivity contribution in [2.24, 2.45) is 5.41 Å². The Bertz CT molecular complexity index is 880. The standard InChI is InChI=1S/C20H16Br4O4/c1-19(2)27-17(25)20(18(26)28-19,9-11-3-5-13(21)15(23)7-11)10-12-4-6-14(22)16(24)8-12/h3-8H,9-10H2,1-2H3. The lowest BCUT2D eigenvalue weighted by atomic mass is 9.75. The molecule has 0 aromatic heterocycles. The molecule has 0 N–H and O–H groups in total. The molecule has 0 amide bonds. The Morgan fingerprint density at radius 1 is 0.714 bits per heavy atom. The van der Waals surface area contributed by atoms with Crippen LogP contribution in [0.4, 0.5) is 0 Å². The number of rotatable bonds is 4. The van der Waals surface area contributed by atoms with Gasteiger partial charge >= 0.3 is 11.9 Å². The van der Waals surface area contributed by atoms with Gasteiger partial charge in [-0.1, -0.05) is 12.1 Å². The lowest BCUT2D eigenvalue weighted by Gasteiger charge is -2.40. The molecule has 2 aromatic carbocycles. The van der Waals surface area contributed by atoms with Crippen molar-refractivity contribution in [3.05, 3.63) is 65.4 Å². The van der Waals surface area contributed by atoms with Crippen LogP contribution in [0.5, 0.6) is 0 Å². The quantitative estimate of drug-likeness (QED) is 0.289. The van der Waals surface area contributed by atoms with Crippen molar-refractivity contribution < 1.29 is 19.1 Å². The minimum Gasteiger partial charge on any atom is -0.422 e. The molecule has 1 saturated heterocycles. The van der Waals surface area contributed by atoms with Gasteiger partial charge < -0.3 is 9.47 Å². The Hall–Kier alpha value is -0.700. The van der Waals surface area contributed by atoms with Gasteiger partial charge in [-0.15, -0.1) is 0 Å². The molecule has 0 radical (unpaired) electrons. The fraction of sp³-hybridized carbons (Fsp3) is 0.300. The summed E-state index contributed by atoms with van der Waals surface area (Å²) in [6, 6.07) is 11.2. The van der Waals surface area contributed by atoms with E-state index >= 15 is 0 Å². The first-order valence-electron chi connectivity index (χ1n) is 8.37. The molecule has 0 aliphatic carbocycles. The Kier molecular flexibility index (Phi) is 6.44. The van der Waals surface area contributed by atoms with Gasteiger partial charge in [0.25, 0.3) is 5.79 Å². The van der Waals surface area contributed by atoms with Gasteiger partial charge in [0.05, 0.1) is 0 Å². The second-order valence-corrected chi connectivity index (χ2v) is 10.5. The molecule has 28 heavy (non-hydrogen) atoms. The molecule has 2 aromatic rings. The van der Waals surface area contributed by atoms with E-state index in [0.29, 0.717) is 0 Å². The van der Waals surface area contributed by atoms with E-state index in [4.69, 9.17) is 9.47 Å². The number of carbonyl (C=O) groups is 2. The zero-order valence-electron chi connectivity index (χ0n) is 15.0. The number of benzene rings is 2. The van der Waals surface area contributed by atoms with E-state index in [9.17, 15) is 9.59 Å². The lowest BCUT2D eigenvalue weighted by Crippen LogP contribution is -2.56. The maximum Gasteiger partial charge on any atom is 0.327 e. The molecule has 1 heterocycles. The van der Waals surface area contributed by atoms with Crippen LogP contribution in [0, 0.1) is 5.41 Å². The third kappa shape index (κ3) is 4.55. The molecule has 1 aliphatic heterocycles. The van der Waals surface area contributed by atoms with Gasteiger partial charge in [-0.05, 0) is 112 Å². The monoisotopic (exact) mass is 636 g/mol. The van der Waals surface area contributed by atoms with Gasteiger partial charge in [-0.2, -0.15) is 0 Å². The largest absolute Gasteiger partial charge is 0.422 e. The molecule has 4 nitrogen and oxygen atoms in total. The van der Waals surface area contributed by atoms with Crippen molar-refractivity contribution in [1.82, 2.24) is 0 Å². The highest BCUT2D eigenvalue weighted by molar-refractivity contribution is 9.13. The van der Waals surface area contributed by atoms with E-state index in [-0.39, 0.29) is 12.8 Å². The predicted octanol–water partition coefficient (Wildman–Crippen LogP) is 6.34. The third-order valence-electron chi connectivity index (χ3n) is 4.44. The summed E-state index contributed by atoms with van der Waals surface area (Å²) in [5.74, 6) is -2.43. The van der Waals surface area contributed by atoms with Crippen LogP contribution in [0.3, 0.4) is 0 Å². The van der Waals surface area contributed by atoms with Crippen molar-refractivity contribution in [3.8, 4) is 0 Å². The highest BCUT2D eigenvalue weighted by Crippen LogP contribution is 2.40. The van der Waals surface area contributed by atoms with Crippen LogP contribution in [-0.2, 0) is 31.9 Å². The summed E-state index contributed by atoms with van der Waals surface area (Å²) in [7, 11) is 0. The molecule has 8 heteroatoms. The van der Waals surface area contributed by atoms with Gasteiger partial charge in [0.2, 0.25) is 0 Å². The molecular weight excluding hydrogens is 624 g/mol. The normalized spacial score (nSPS) is 17.8. The summed E-state index contributed by atoms with van der Waals surface area (Å²) in [4.78, 5) is 26.2. The van der Waals surface area contributed by atoms with Gasteiger partial charge in [0.15, 0.2) is 5.41 Å². The van der Waals surface area contributed by atoms with Crippen molar-refractivity contribution >= 4 is 75.7 Å². The van der Waals surface area contributed by atoms with E-state index in [1.807, 2.05) is 36.4 Å². The number of esters is 2. The van der Waals surface area contributed by atoms with E-state index in [1.165, 1.54) is 0 Å². The summed E-state index contributed by atoms with van der Waals surface area (Å²) in [5.41, 5.74) is 0.176. The second kappa shape index (κ2) is 8.20. The summed E-state index contributed by atoms with van der Waals surface area (Å²) >= 11 is 13.8. The van der Waals surface area contributed by atoms with Gasteiger partial charge in [-0.25, -0.2) is 0 Å². The molecular formula is C20H16Br4O4. The Morgan fingerprint density at radius 3 is 1.46 bits per heavy atom. The minimum atomic E-state index is -1.46. The zero-order valence-corrected chi connectivity index (χ0v) is 21.4. The zero-order chi connectivity index (χ0) is 20.7. The van der Waals surface area contributed by atoms with Crippen LogP contribution in [-0.4, -0.2) is 17.7 Å². The number of hydrogen-bond donors (Lipinski definition) is 0. The number of cyclic esters (lactones) is 2. The highest BCUT2D eigenvalue weighted by Gasteiger charge is 2.56. The third-order valence-corrected chi connectivity index (χ3v) is 8.20. The topological polar surface area (TPSA) is 52.6 Å². The number of ether oxygens (including phenoxy) is 2. The van der Waals surface area contributed by atoms with Gasteiger partial charge in [0.1, 0.15) is 0 Å². The Labute approximate surface area is 196 Å². The molecule has 0 bridgehead atoms. The van der Waals surface area contributed by atoms with Crippen molar-refractivity contribution in [2.75, 3.05) is 0 Å². The summed E-state index contributed by atoms with van der Waals surface area (Å²) < 4.78 is 14.4. The molecule has 0 atom stereocenters. The van der Waals surface area contributed by atoms with E-state index in [2.05, 4.69) is 63.7 Å². The molecule has 0 spiro atoms. The molecule has 1 fully saturated rings. The van der Waals surface area contributed by atoms with Crippen LogP contribution in [0.15, 0.2) is 54.3 Å². The maximum atomic E-state index is 13.1. The van der Waals surface area contributed by atoms with E-state index < -0.39 is 23.1 Å². The first-order valence-corrected chi connectivity index (χ1v) is 11.5. The van der Waals surface area contributed by atoms with Gasteiger partial charge in [-0.3, -0.25) is 9.59 Å². The molecule has 1 aliphatic rings. The minimum absolute atomic E-state index is 0.167. The smallest absolute Gasteiger partial charge is 0.327 e. The van der Waals surface area contributed by atoms with Crippen LogP contribution in [0.2, 0.25) is 0 Å². The first kappa shape index (κ1) is 22.0. The van der Waals surface area contributed by atoms with Crippen LogP contribution < -0.4 is 0 Å². The Balaban J connectivity index is 2.04. The number of carbonyl (C=O) groups excluding carboxylic acids is 2. The second-order valence-electron chi connectivity index (χ2n) is 7.11. The summed E-state index contributed by atoms with van der Waals surface area (Å²) in [6.45, 7) is 3.11. The average Bonchev–Trinajstić information content (AvgIpc) is 2.58. The molecule has 0 saturated carbocycles. The van der Waals surface area contributed by atoms with Crippen LogP contribution >= 0.6 is 63.7 Å². The molecule has 148 valence electrons. The molecule has 0 unspecified atom stereocenters. The van der Waals surface area contributed by atoms with Crippen molar-refractivity contribution in [3.63, 3.8) is 0 Å². The van der Waals surface area contributed by atoms with E-state index in [1.54, 1.807) is 13.8 Å². The Morgan fingerprint density at radius 2 is 1.11 bits per heavy atom. The predicted molar refractivity (Wildman–Crippen MR) is 120 cm³/mol. The van der Waals surface area contributed by atoms with Crippen molar-refractivity contribution in [2.45, 2.75) is 32.5 Å². The SMILES string of the molecule is CC1(C)OC(=O)C(Cc2ccc(Br)c(Br)c2)(Cc2ccc(Br)c(Br)c2)C(=O)O1. The lowest BCUT2D eigenvalue weighted by molar-refractivity contribution is -0.251. The van der Waals surface area contributed by atoms with Crippen LogP contribution in [0.25, 0.3) is 0 Å². The van der Waals surface area contributed by atoms with E-state index in [0.717, 1.165) is 29.0 Å². The summed E-state index contributed by atoms with van der Waals surface area (Å²) in [5, 5.41) is 0. The first-order chi connectivity index (χ1) is 13.0. The highest BCUT2D eigenvalue weighted by atomic mass is 79.9. The fourth-order valence-electron chi connectivity index (χ4n) is 3.09. The van der Waals surface area contributed by atoms with Crippen LogP contribution in [0.1, 0.15) is 25.0 Å².